The SMILES string of the molecule is CNc1ncccc1CN1CCC[C@@H]1c1ncc(C)[nH]1. The molecule has 3 rings (SSSR count). The Morgan fingerprint density at radius 2 is 2.35 bits per heavy atom. The Kier molecular flexibility index (Phi) is 3.69. The molecule has 1 saturated heterocycles. The van der Waals surface area contributed by atoms with Crippen molar-refractivity contribution in [1.82, 2.24) is 19.9 Å². The molecular weight excluding hydrogens is 250 g/mol. The van der Waals surface area contributed by atoms with Crippen LogP contribution in [0.2, 0.25) is 0 Å². The average Bonchev–Trinajstić information content (AvgIpc) is 3.08. The minimum absolute atomic E-state index is 0.397. The van der Waals surface area contributed by atoms with Crippen molar-refractivity contribution in [3.05, 3.63) is 41.6 Å². The van der Waals surface area contributed by atoms with E-state index in [4.69, 9.17) is 0 Å². The van der Waals surface area contributed by atoms with Crippen LogP contribution in [0.3, 0.4) is 0 Å². The predicted molar refractivity (Wildman–Crippen MR) is 79.5 cm³/mol. The molecule has 5 nitrogen and oxygen atoms in total. The van der Waals surface area contributed by atoms with Crippen molar-refractivity contribution in [1.29, 1.82) is 0 Å². The van der Waals surface area contributed by atoms with Gasteiger partial charge in [0.05, 0.1) is 6.04 Å². The van der Waals surface area contributed by atoms with E-state index in [1.165, 1.54) is 18.4 Å². The van der Waals surface area contributed by atoms with Gasteiger partial charge in [-0.3, -0.25) is 4.90 Å². The lowest BCUT2D eigenvalue weighted by atomic mass is 10.2. The van der Waals surface area contributed by atoms with Gasteiger partial charge < -0.3 is 10.3 Å². The predicted octanol–water partition coefficient (Wildman–Crippen LogP) is 2.49. The van der Waals surface area contributed by atoms with E-state index < -0.39 is 0 Å². The highest BCUT2D eigenvalue weighted by Crippen LogP contribution is 2.32. The molecule has 20 heavy (non-hydrogen) atoms. The van der Waals surface area contributed by atoms with Crippen molar-refractivity contribution in [2.24, 2.45) is 0 Å². The first-order chi connectivity index (χ1) is 9.78. The molecule has 5 heteroatoms. The maximum atomic E-state index is 4.50. The van der Waals surface area contributed by atoms with Crippen LogP contribution in [0.4, 0.5) is 5.82 Å². The fourth-order valence-corrected chi connectivity index (χ4v) is 2.94. The lowest BCUT2D eigenvalue weighted by Crippen LogP contribution is -2.24. The number of aromatic amines is 1. The Bertz CT molecular complexity index is 577. The maximum absolute atomic E-state index is 4.50. The molecule has 2 aromatic rings. The molecule has 2 N–H and O–H groups in total. The Morgan fingerprint density at radius 3 is 3.10 bits per heavy atom. The van der Waals surface area contributed by atoms with Crippen LogP contribution in [0.25, 0.3) is 0 Å². The number of likely N-dealkylation sites (tertiary alicyclic amines) is 1. The molecule has 1 atom stereocenters. The van der Waals surface area contributed by atoms with E-state index in [-0.39, 0.29) is 0 Å². The van der Waals surface area contributed by atoms with Gasteiger partial charge in [0, 0.05) is 37.2 Å². The first-order valence-corrected chi connectivity index (χ1v) is 7.15. The third kappa shape index (κ3) is 2.54. The zero-order chi connectivity index (χ0) is 13.9. The van der Waals surface area contributed by atoms with Gasteiger partial charge in [0.1, 0.15) is 11.6 Å². The van der Waals surface area contributed by atoms with E-state index in [1.54, 1.807) is 0 Å². The fourth-order valence-electron chi connectivity index (χ4n) is 2.94. The lowest BCUT2D eigenvalue weighted by Gasteiger charge is -2.23. The molecule has 0 radical (unpaired) electrons. The second-order valence-corrected chi connectivity index (χ2v) is 5.34. The van der Waals surface area contributed by atoms with Crippen LogP contribution in [-0.2, 0) is 6.54 Å². The first-order valence-electron chi connectivity index (χ1n) is 7.15. The molecule has 1 aliphatic rings. The molecule has 0 aliphatic carbocycles. The van der Waals surface area contributed by atoms with E-state index in [1.807, 2.05) is 25.5 Å². The molecule has 0 unspecified atom stereocenters. The van der Waals surface area contributed by atoms with E-state index in [0.29, 0.717) is 6.04 Å². The number of nitrogens with zero attached hydrogens (tertiary/aromatic N) is 3. The van der Waals surface area contributed by atoms with Crippen molar-refractivity contribution >= 4 is 5.82 Å². The highest BCUT2D eigenvalue weighted by Gasteiger charge is 2.28. The Balaban J connectivity index is 1.79. The van der Waals surface area contributed by atoms with Gasteiger partial charge in [0.2, 0.25) is 0 Å². The van der Waals surface area contributed by atoms with Gasteiger partial charge in [-0.15, -0.1) is 0 Å². The van der Waals surface area contributed by atoms with Gasteiger partial charge in [0.25, 0.3) is 0 Å². The summed E-state index contributed by atoms with van der Waals surface area (Å²) in [7, 11) is 1.92. The number of hydrogen-bond acceptors (Lipinski definition) is 4. The summed E-state index contributed by atoms with van der Waals surface area (Å²) in [5, 5.41) is 3.17. The van der Waals surface area contributed by atoms with Gasteiger partial charge >= 0.3 is 0 Å². The summed E-state index contributed by atoms with van der Waals surface area (Å²) >= 11 is 0. The Labute approximate surface area is 119 Å². The van der Waals surface area contributed by atoms with Gasteiger partial charge in [-0.25, -0.2) is 9.97 Å². The molecule has 0 spiro atoms. The van der Waals surface area contributed by atoms with Gasteiger partial charge in [-0.05, 0) is 32.4 Å². The van der Waals surface area contributed by atoms with Gasteiger partial charge in [0.15, 0.2) is 0 Å². The number of hydrogen-bond donors (Lipinski definition) is 2. The zero-order valence-electron chi connectivity index (χ0n) is 12.1. The summed E-state index contributed by atoms with van der Waals surface area (Å²) in [6.45, 7) is 4.08. The number of anilines is 1. The standard InChI is InChI=1S/C15H21N5/c1-11-9-18-15(19-11)13-6-4-8-20(13)10-12-5-3-7-17-14(12)16-2/h3,5,7,9,13H,4,6,8,10H2,1-2H3,(H,16,17)(H,18,19)/t13-/m1/s1. The van der Waals surface area contributed by atoms with Crippen LogP contribution in [0.1, 0.15) is 36.0 Å². The number of rotatable bonds is 4. The average molecular weight is 271 g/mol. The van der Waals surface area contributed by atoms with Crippen molar-refractivity contribution in [2.75, 3.05) is 18.9 Å². The minimum Gasteiger partial charge on any atom is -0.373 e. The third-order valence-electron chi connectivity index (χ3n) is 3.90. The number of imidazole rings is 1. The van der Waals surface area contributed by atoms with Gasteiger partial charge in [-0.2, -0.15) is 0 Å². The van der Waals surface area contributed by atoms with Crippen LogP contribution < -0.4 is 5.32 Å². The smallest absolute Gasteiger partial charge is 0.130 e. The molecule has 0 amide bonds. The second-order valence-electron chi connectivity index (χ2n) is 5.34. The minimum atomic E-state index is 0.397. The normalized spacial score (nSPS) is 19.4. The first kappa shape index (κ1) is 13.1. The largest absolute Gasteiger partial charge is 0.373 e. The molecule has 1 fully saturated rings. The summed E-state index contributed by atoms with van der Waals surface area (Å²) in [6, 6.07) is 4.54. The Hall–Kier alpha value is -1.88. The van der Waals surface area contributed by atoms with E-state index in [2.05, 4.69) is 38.2 Å². The Morgan fingerprint density at radius 1 is 1.45 bits per heavy atom. The van der Waals surface area contributed by atoms with Crippen molar-refractivity contribution < 1.29 is 0 Å². The summed E-state index contributed by atoms with van der Waals surface area (Å²) in [4.78, 5) is 14.7. The van der Waals surface area contributed by atoms with Crippen molar-refractivity contribution in [3.8, 4) is 0 Å². The second kappa shape index (κ2) is 5.63. The quantitative estimate of drug-likeness (QED) is 0.897. The third-order valence-corrected chi connectivity index (χ3v) is 3.90. The molecular formula is C15H21N5. The van der Waals surface area contributed by atoms with E-state index in [0.717, 1.165) is 30.4 Å². The fraction of sp³-hybridized carbons (Fsp3) is 0.467. The topological polar surface area (TPSA) is 56.8 Å². The summed E-state index contributed by atoms with van der Waals surface area (Å²) in [5.41, 5.74) is 2.37. The van der Waals surface area contributed by atoms with Crippen LogP contribution in [0.5, 0.6) is 0 Å². The van der Waals surface area contributed by atoms with Crippen LogP contribution in [0.15, 0.2) is 24.5 Å². The van der Waals surface area contributed by atoms with Crippen LogP contribution in [-0.4, -0.2) is 33.4 Å². The highest BCUT2D eigenvalue weighted by atomic mass is 15.2. The number of aryl methyl sites for hydroxylation is 1. The molecule has 1 aliphatic heterocycles. The zero-order valence-corrected chi connectivity index (χ0v) is 12.1. The molecule has 0 saturated carbocycles. The maximum Gasteiger partial charge on any atom is 0.130 e. The summed E-state index contributed by atoms with van der Waals surface area (Å²) < 4.78 is 0. The van der Waals surface area contributed by atoms with Crippen molar-refractivity contribution in [2.45, 2.75) is 32.4 Å². The van der Waals surface area contributed by atoms with Crippen LogP contribution in [0, 0.1) is 6.92 Å². The molecule has 0 bridgehead atoms. The molecule has 0 aromatic carbocycles. The number of aromatic nitrogens is 3. The lowest BCUT2D eigenvalue weighted by molar-refractivity contribution is 0.241. The van der Waals surface area contributed by atoms with Crippen LogP contribution >= 0.6 is 0 Å². The molecule has 3 heterocycles. The van der Waals surface area contributed by atoms with E-state index >= 15 is 0 Å². The summed E-state index contributed by atoms with van der Waals surface area (Å²) in [5.74, 6) is 2.06. The number of nitrogens with one attached hydrogen (secondary N) is 2. The number of pyridine rings is 1. The summed E-state index contributed by atoms with van der Waals surface area (Å²) in [6.07, 6.45) is 6.13. The number of H-pyrrole nitrogens is 1. The van der Waals surface area contributed by atoms with E-state index in [9.17, 15) is 0 Å². The molecule has 2 aromatic heterocycles. The van der Waals surface area contributed by atoms with Gasteiger partial charge in [-0.1, -0.05) is 6.07 Å². The van der Waals surface area contributed by atoms with Crippen molar-refractivity contribution in [3.63, 3.8) is 0 Å². The highest BCUT2D eigenvalue weighted by molar-refractivity contribution is 5.42. The molecule has 106 valence electrons. The monoisotopic (exact) mass is 271 g/mol.